The van der Waals surface area contributed by atoms with Crippen LogP contribution in [0.1, 0.15) is 45.0 Å². The number of hydrogen-bond acceptors (Lipinski definition) is 2. The molecule has 0 radical (unpaired) electrons. The van der Waals surface area contributed by atoms with Gasteiger partial charge in [-0.15, -0.1) is 0 Å². The smallest absolute Gasteiger partial charge is 0.141 e. The van der Waals surface area contributed by atoms with E-state index in [0.29, 0.717) is 6.10 Å². The van der Waals surface area contributed by atoms with Crippen LogP contribution >= 0.6 is 0 Å². The van der Waals surface area contributed by atoms with Gasteiger partial charge in [-0.3, -0.25) is 4.98 Å². The van der Waals surface area contributed by atoms with E-state index in [0.717, 1.165) is 17.1 Å². The Bertz CT molecular complexity index is 361. The van der Waals surface area contributed by atoms with Crippen molar-refractivity contribution < 1.29 is 4.74 Å². The zero-order chi connectivity index (χ0) is 11.1. The SMILES string of the molecule is Cc1ccc(OC2CC2)c(C(C)(C)C)n1. The summed E-state index contributed by atoms with van der Waals surface area (Å²) in [7, 11) is 0. The highest BCUT2D eigenvalue weighted by molar-refractivity contribution is 5.34. The Morgan fingerprint density at radius 3 is 2.47 bits per heavy atom. The van der Waals surface area contributed by atoms with E-state index in [1.807, 2.05) is 13.0 Å². The summed E-state index contributed by atoms with van der Waals surface area (Å²) in [6.07, 6.45) is 2.82. The Kier molecular flexibility index (Phi) is 2.45. The van der Waals surface area contributed by atoms with E-state index in [9.17, 15) is 0 Å². The maximum Gasteiger partial charge on any atom is 0.141 e. The fraction of sp³-hybridized carbons (Fsp3) is 0.615. The van der Waals surface area contributed by atoms with Crippen molar-refractivity contribution in [1.82, 2.24) is 4.98 Å². The Hall–Kier alpha value is -1.05. The number of nitrogens with zero attached hydrogens (tertiary/aromatic N) is 1. The van der Waals surface area contributed by atoms with Crippen LogP contribution in [0.15, 0.2) is 12.1 Å². The van der Waals surface area contributed by atoms with Crippen LogP contribution in [-0.4, -0.2) is 11.1 Å². The number of ether oxygens (including phenoxy) is 1. The molecule has 0 aromatic carbocycles. The molecule has 1 saturated carbocycles. The largest absolute Gasteiger partial charge is 0.488 e. The van der Waals surface area contributed by atoms with Gasteiger partial charge < -0.3 is 4.74 Å². The van der Waals surface area contributed by atoms with Gasteiger partial charge in [-0.25, -0.2) is 0 Å². The fourth-order valence-corrected chi connectivity index (χ4v) is 1.54. The van der Waals surface area contributed by atoms with Crippen molar-refractivity contribution in [3.8, 4) is 5.75 Å². The minimum atomic E-state index is 0.0518. The maximum absolute atomic E-state index is 5.88. The molecule has 1 aliphatic carbocycles. The molecule has 1 aromatic heterocycles. The van der Waals surface area contributed by atoms with Crippen LogP contribution < -0.4 is 4.74 Å². The van der Waals surface area contributed by atoms with Crippen LogP contribution in [0.3, 0.4) is 0 Å². The van der Waals surface area contributed by atoms with Crippen molar-refractivity contribution in [2.75, 3.05) is 0 Å². The second kappa shape index (κ2) is 3.51. The average molecular weight is 205 g/mol. The second-order valence-electron chi connectivity index (χ2n) is 5.37. The first kappa shape index (κ1) is 10.5. The van der Waals surface area contributed by atoms with E-state index in [1.54, 1.807) is 0 Å². The minimum absolute atomic E-state index is 0.0518. The third kappa shape index (κ3) is 2.49. The third-order valence-corrected chi connectivity index (χ3v) is 2.53. The summed E-state index contributed by atoms with van der Waals surface area (Å²) >= 11 is 0. The molecule has 0 bridgehead atoms. The summed E-state index contributed by atoms with van der Waals surface area (Å²) in [6, 6.07) is 4.08. The molecule has 82 valence electrons. The molecule has 0 saturated heterocycles. The van der Waals surface area contributed by atoms with Crippen molar-refractivity contribution in [3.05, 3.63) is 23.5 Å². The van der Waals surface area contributed by atoms with Crippen LogP contribution in [0.2, 0.25) is 0 Å². The molecule has 0 spiro atoms. The first-order chi connectivity index (χ1) is 6.97. The van der Waals surface area contributed by atoms with Gasteiger partial charge in [-0.1, -0.05) is 20.8 Å². The van der Waals surface area contributed by atoms with E-state index >= 15 is 0 Å². The predicted octanol–water partition coefficient (Wildman–Crippen LogP) is 3.23. The van der Waals surface area contributed by atoms with Gasteiger partial charge in [0.05, 0.1) is 11.8 Å². The van der Waals surface area contributed by atoms with Gasteiger partial charge in [0.15, 0.2) is 0 Å². The highest BCUT2D eigenvalue weighted by Gasteiger charge is 2.27. The molecule has 1 heterocycles. The average Bonchev–Trinajstić information content (AvgIpc) is 2.90. The van der Waals surface area contributed by atoms with E-state index in [-0.39, 0.29) is 5.41 Å². The first-order valence-corrected chi connectivity index (χ1v) is 5.61. The summed E-state index contributed by atoms with van der Waals surface area (Å²) in [5.41, 5.74) is 2.19. The summed E-state index contributed by atoms with van der Waals surface area (Å²) < 4.78 is 5.88. The molecule has 0 N–H and O–H groups in total. The van der Waals surface area contributed by atoms with E-state index < -0.39 is 0 Å². The van der Waals surface area contributed by atoms with Gasteiger partial charge >= 0.3 is 0 Å². The van der Waals surface area contributed by atoms with E-state index in [4.69, 9.17) is 4.74 Å². The van der Waals surface area contributed by atoms with Crippen LogP contribution in [0.4, 0.5) is 0 Å². The Morgan fingerprint density at radius 2 is 1.93 bits per heavy atom. The Balaban J connectivity index is 2.34. The van der Waals surface area contributed by atoms with Crippen molar-refractivity contribution in [2.24, 2.45) is 0 Å². The molecule has 1 fully saturated rings. The van der Waals surface area contributed by atoms with Crippen molar-refractivity contribution in [1.29, 1.82) is 0 Å². The summed E-state index contributed by atoms with van der Waals surface area (Å²) in [4.78, 5) is 4.60. The fourth-order valence-electron chi connectivity index (χ4n) is 1.54. The maximum atomic E-state index is 5.88. The van der Waals surface area contributed by atoms with Crippen molar-refractivity contribution in [3.63, 3.8) is 0 Å². The molecule has 1 aliphatic rings. The summed E-state index contributed by atoms with van der Waals surface area (Å²) in [6.45, 7) is 8.55. The molecule has 0 atom stereocenters. The highest BCUT2D eigenvalue weighted by Crippen LogP contribution is 2.34. The van der Waals surface area contributed by atoms with Crippen molar-refractivity contribution >= 4 is 0 Å². The lowest BCUT2D eigenvalue weighted by Gasteiger charge is -2.21. The lowest BCUT2D eigenvalue weighted by Crippen LogP contribution is -2.16. The highest BCUT2D eigenvalue weighted by atomic mass is 16.5. The number of pyridine rings is 1. The predicted molar refractivity (Wildman–Crippen MR) is 61.3 cm³/mol. The van der Waals surface area contributed by atoms with Gasteiger partial charge in [0.2, 0.25) is 0 Å². The summed E-state index contributed by atoms with van der Waals surface area (Å²) in [5.74, 6) is 0.968. The van der Waals surface area contributed by atoms with Crippen LogP contribution in [-0.2, 0) is 5.41 Å². The lowest BCUT2D eigenvalue weighted by molar-refractivity contribution is 0.292. The molecule has 2 rings (SSSR count). The number of rotatable bonds is 2. The minimum Gasteiger partial charge on any atom is -0.488 e. The molecule has 2 nitrogen and oxygen atoms in total. The van der Waals surface area contributed by atoms with E-state index in [1.165, 1.54) is 12.8 Å². The topological polar surface area (TPSA) is 22.1 Å². The van der Waals surface area contributed by atoms with Gasteiger partial charge in [-0.05, 0) is 31.9 Å². The molecular formula is C13H19NO. The zero-order valence-electron chi connectivity index (χ0n) is 10.0. The zero-order valence-corrected chi connectivity index (χ0v) is 10.0. The molecule has 0 amide bonds. The van der Waals surface area contributed by atoms with Gasteiger partial charge in [0, 0.05) is 11.1 Å². The van der Waals surface area contributed by atoms with Crippen molar-refractivity contribution in [2.45, 2.75) is 52.1 Å². The lowest BCUT2D eigenvalue weighted by atomic mass is 9.91. The third-order valence-electron chi connectivity index (χ3n) is 2.53. The molecule has 15 heavy (non-hydrogen) atoms. The molecule has 0 unspecified atom stereocenters. The Labute approximate surface area is 91.7 Å². The van der Waals surface area contributed by atoms with Gasteiger partial charge in [0.25, 0.3) is 0 Å². The standard InChI is InChI=1S/C13H19NO/c1-9-5-8-11(15-10-6-7-10)12(14-9)13(2,3)4/h5,8,10H,6-7H2,1-4H3. The van der Waals surface area contributed by atoms with E-state index in [2.05, 4.69) is 31.8 Å². The van der Waals surface area contributed by atoms with Crippen LogP contribution in [0.25, 0.3) is 0 Å². The van der Waals surface area contributed by atoms with Crippen LogP contribution in [0.5, 0.6) is 5.75 Å². The quantitative estimate of drug-likeness (QED) is 0.739. The van der Waals surface area contributed by atoms with Gasteiger partial charge in [0.1, 0.15) is 5.75 Å². The monoisotopic (exact) mass is 205 g/mol. The second-order valence-corrected chi connectivity index (χ2v) is 5.37. The first-order valence-electron chi connectivity index (χ1n) is 5.61. The van der Waals surface area contributed by atoms with Gasteiger partial charge in [-0.2, -0.15) is 0 Å². The number of aromatic nitrogens is 1. The summed E-state index contributed by atoms with van der Waals surface area (Å²) in [5, 5.41) is 0. The Morgan fingerprint density at radius 1 is 1.27 bits per heavy atom. The normalized spacial score (nSPS) is 16.5. The number of aryl methyl sites for hydroxylation is 1. The van der Waals surface area contributed by atoms with Crippen LogP contribution in [0, 0.1) is 6.92 Å². The molecule has 1 aromatic rings. The molecule has 2 heteroatoms. The molecular weight excluding hydrogens is 186 g/mol. The number of hydrogen-bond donors (Lipinski definition) is 0. The molecule has 0 aliphatic heterocycles.